The number of carbonyl (C=O) groups excluding carboxylic acids is 2. The first-order valence-corrected chi connectivity index (χ1v) is 12.9. The van der Waals surface area contributed by atoms with Crippen molar-refractivity contribution in [2.45, 2.75) is 31.3 Å². The van der Waals surface area contributed by atoms with Crippen molar-refractivity contribution < 1.29 is 37.3 Å². The summed E-state index contributed by atoms with van der Waals surface area (Å²) in [4.78, 5) is 34.3. The molecular weight excluding hydrogens is 553 g/mol. The Labute approximate surface area is 238 Å². The number of aliphatic hydroxyl groups is 1. The van der Waals surface area contributed by atoms with Crippen LogP contribution in [0.4, 0.5) is 13.2 Å². The number of rotatable bonds is 9. The Kier molecular flexibility index (Phi) is 7.50. The molecule has 0 spiro atoms. The van der Waals surface area contributed by atoms with E-state index in [2.05, 4.69) is 15.3 Å². The molecule has 0 saturated heterocycles. The van der Waals surface area contributed by atoms with Crippen LogP contribution < -0.4 is 20.5 Å². The Balaban J connectivity index is 1.47. The molecule has 0 unspecified atom stereocenters. The van der Waals surface area contributed by atoms with Gasteiger partial charge in [0.1, 0.15) is 52.8 Å². The van der Waals surface area contributed by atoms with E-state index in [0.717, 1.165) is 0 Å². The Morgan fingerprint density at radius 3 is 2.64 bits per heavy atom. The Bertz CT molecular complexity index is 1680. The number of halogens is 3. The van der Waals surface area contributed by atoms with Crippen LogP contribution in [0, 0.1) is 5.82 Å². The number of amides is 2. The van der Waals surface area contributed by atoms with Gasteiger partial charge < -0.3 is 25.6 Å². The van der Waals surface area contributed by atoms with Gasteiger partial charge in [0.15, 0.2) is 0 Å². The molecule has 0 fully saturated rings. The summed E-state index contributed by atoms with van der Waals surface area (Å²) in [6.45, 7) is 1.78. The van der Waals surface area contributed by atoms with Crippen molar-refractivity contribution in [1.82, 2.24) is 15.3 Å². The van der Waals surface area contributed by atoms with Crippen LogP contribution in [0.1, 0.15) is 35.5 Å². The molecular formula is C30H27F3N4O5. The van der Waals surface area contributed by atoms with Crippen molar-refractivity contribution in [3.8, 4) is 22.8 Å². The second-order valence-electron chi connectivity index (χ2n) is 10.4. The summed E-state index contributed by atoms with van der Waals surface area (Å²) in [5.41, 5.74) is 4.36. The van der Waals surface area contributed by atoms with E-state index >= 15 is 0 Å². The van der Waals surface area contributed by atoms with Crippen LogP contribution in [0.15, 0.2) is 60.8 Å². The van der Waals surface area contributed by atoms with Gasteiger partial charge in [-0.1, -0.05) is 6.07 Å². The number of pyridine rings is 2. The van der Waals surface area contributed by atoms with E-state index in [1.54, 1.807) is 19.1 Å². The SMILES string of the molecule is C[C@](O)(CNC(=O)c1cc(OCC(F)F)c2ncccc2c1)c1cc2c(c(-c3ccc(F)cc3)n1)OC[C@]2(C)C(N)=O. The van der Waals surface area contributed by atoms with Crippen LogP contribution in [0.2, 0.25) is 0 Å². The van der Waals surface area contributed by atoms with Crippen LogP contribution in [0.25, 0.3) is 22.2 Å². The van der Waals surface area contributed by atoms with E-state index in [-0.39, 0.29) is 41.6 Å². The maximum absolute atomic E-state index is 13.6. The fourth-order valence-electron chi connectivity index (χ4n) is 4.66. The highest BCUT2D eigenvalue weighted by Gasteiger charge is 2.45. The maximum atomic E-state index is 13.6. The molecule has 5 rings (SSSR count). The number of nitrogens with zero attached hydrogens (tertiary/aromatic N) is 2. The number of aromatic nitrogens is 2. The highest BCUT2D eigenvalue weighted by Crippen LogP contribution is 2.45. The van der Waals surface area contributed by atoms with Gasteiger partial charge in [-0.15, -0.1) is 0 Å². The lowest BCUT2D eigenvalue weighted by Crippen LogP contribution is -2.41. The van der Waals surface area contributed by atoms with Gasteiger partial charge >= 0.3 is 0 Å². The molecule has 0 bridgehead atoms. The van der Waals surface area contributed by atoms with Gasteiger partial charge in [0.25, 0.3) is 12.3 Å². The summed E-state index contributed by atoms with van der Waals surface area (Å²) in [6.07, 6.45) is -1.25. The lowest BCUT2D eigenvalue weighted by molar-refractivity contribution is -0.123. The molecule has 42 heavy (non-hydrogen) atoms. The zero-order valence-corrected chi connectivity index (χ0v) is 22.7. The monoisotopic (exact) mass is 580 g/mol. The molecule has 2 amide bonds. The van der Waals surface area contributed by atoms with Crippen LogP contribution in [0.3, 0.4) is 0 Å². The zero-order chi connectivity index (χ0) is 30.2. The molecule has 9 nitrogen and oxygen atoms in total. The molecule has 4 aromatic rings. The molecule has 2 aromatic carbocycles. The van der Waals surface area contributed by atoms with Gasteiger partial charge in [0.05, 0.1) is 12.2 Å². The van der Waals surface area contributed by atoms with Crippen molar-refractivity contribution in [3.63, 3.8) is 0 Å². The number of ether oxygens (including phenoxy) is 2. The number of alkyl halides is 2. The maximum Gasteiger partial charge on any atom is 0.272 e. The minimum absolute atomic E-state index is 0.0141. The predicted molar refractivity (Wildman–Crippen MR) is 147 cm³/mol. The zero-order valence-electron chi connectivity index (χ0n) is 22.7. The Morgan fingerprint density at radius 2 is 1.95 bits per heavy atom. The van der Waals surface area contributed by atoms with Crippen LogP contribution in [-0.2, 0) is 15.8 Å². The third-order valence-corrected chi connectivity index (χ3v) is 7.18. The number of benzene rings is 2. The summed E-state index contributed by atoms with van der Waals surface area (Å²) in [5.74, 6) is -1.43. The number of carbonyl (C=O) groups is 2. The number of nitrogens with two attached hydrogens (primary N) is 1. The van der Waals surface area contributed by atoms with E-state index in [4.69, 9.17) is 15.2 Å². The highest BCUT2D eigenvalue weighted by molar-refractivity contribution is 6.00. The van der Waals surface area contributed by atoms with Crippen molar-refractivity contribution in [1.29, 1.82) is 0 Å². The van der Waals surface area contributed by atoms with Gasteiger partial charge in [-0.2, -0.15) is 0 Å². The number of hydrogen-bond donors (Lipinski definition) is 3. The van der Waals surface area contributed by atoms with Crippen LogP contribution >= 0.6 is 0 Å². The predicted octanol–water partition coefficient (Wildman–Crippen LogP) is 3.85. The number of hydrogen-bond acceptors (Lipinski definition) is 7. The minimum Gasteiger partial charge on any atom is -0.489 e. The topological polar surface area (TPSA) is 137 Å². The molecule has 2 aromatic heterocycles. The van der Waals surface area contributed by atoms with E-state index in [1.807, 2.05) is 0 Å². The van der Waals surface area contributed by atoms with Gasteiger partial charge in [-0.25, -0.2) is 18.2 Å². The van der Waals surface area contributed by atoms with E-state index < -0.39 is 41.7 Å². The molecule has 1 aliphatic rings. The fourth-order valence-corrected chi connectivity index (χ4v) is 4.66. The summed E-state index contributed by atoms with van der Waals surface area (Å²) in [7, 11) is 0. The first-order valence-electron chi connectivity index (χ1n) is 12.9. The normalized spacial score (nSPS) is 17.4. The summed E-state index contributed by atoms with van der Waals surface area (Å²) in [5, 5.41) is 14.6. The minimum atomic E-state index is -2.72. The Morgan fingerprint density at radius 1 is 1.21 bits per heavy atom. The van der Waals surface area contributed by atoms with Gasteiger partial charge in [-0.3, -0.25) is 14.6 Å². The van der Waals surface area contributed by atoms with E-state index in [9.17, 15) is 27.9 Å². The summed E-state index contributed by atoms with van der Waals surface area (Å²) in [6, 6.07) is 13.1. The molecule has 1 aliphatic heterocycles. The Hall–Kier alpha value is -4.71. The van der Waals surface area contributed by atoms with Crippen molar-refractivity contribution in [2.75, 3.05) is 19.8 Å². The molecule has 0 radical (unpaired) electrons. The fraction of sp³-hybridized carbons (Fsp3) is 0.267. The van der Waals surface area contributed by atoms with Crippen molar-refractivity contribution >= 4 is 22.7 Å². The van der Waals surface area contributed by atoms with Crippen molar-refractivity contribution in [2.24, 2.45) is 5.73 Å². The first kappa shape index (κ1) is 28.8. The molecule has 0 saturated carbocycles. The molecule has 2 atom stereocenters. The van der Waals surface area contributed by atoms with E-state index in [0.29, 0.717) is 22.0 Å². The van der Waals surface area contributed by atoms with E-state index in [1.165, 1.54) is 55.6 Å². The van der Waals surface area contributed by atoms with Gasteiger partial charge in [-0.05, 0) is 62.4 Å². The van der Waals surface area contributed by atoms with Crippen LogP contribution in [-0.4, -0.2) is 53.1 Å². The average molecular weight is 581 g/mol. The average Bonchev–Trinajstić information content (AvgIpc) is 3.32. The van der Waals surface area contributed by atoms with Gasteiger partial charge in [0.2, 0.25) is 5.91 Å². The summed E-state index contributed by atoms with van der Waals surface area (Å²) < 4.78 is 50.3. The largest absolute Gasteiger partial charge is 0.489 e. The third-order valence-electron chi connectivity index (χ3n) is 7.18. The first-order chi connectivity index (χ1) is 19.9. The highest BCUT2D eigenvalue weighted by atomic mass is 19.3. The molecule has 218 valence electrons. The molecule has 12 heteroatoms. The molecule has 0 aliphatic carbocycles. The lowest BCUT2D eigenvalue weighted by atomic mass is 9.82. The third kappa shape index (κ3) is 5.45. The standard InChI is InChI=1S/C30H27F3N4O5/c1-29(28(34)39)15-42-26-20(29)12-22(37-25(26)16-5-7-19(31)8-6-16)30(2,40)14-36-27(38)18-10-17-4-3-9-35-24(17)21(11-18)41-13-23(32)33/h3-12,23,40H,13-15H2,1-2H3,(H2,34,39)(H,36,38)/t29-,30-/m0/s1. The van der Waals surface area contributed by atoms with Gasteiger partial charge in [0, 0.05) is 28.3 Å². The number of nitrogens with one attached hydrogen (secondary N) is 1. The molecule has 4 N–H and O–H groups in total. The number of primary amides is 1. The number of fused-ring (bicyclic) bond motifs is 2. The smallest absolute Gasteiger partial charge is 0.272 e. The van der Waals surface area contributed by atoms with Crippen LogP contribution in [0.5, 0.6) is 11.5 Å². The lowest BCUT2D eigenvalue weighted by Gasteiger charge is -2.26. The quantitative estimate of drug-likeness (QED) is 0.274. The molecule has 3 heterocycles. The second-order valence-corrected chi connectivity index (χ2v) is 10.4. The van der Waals surface area contributed by atoms with Crippen molar-refractivity contribution in [3.05, 3.63) is 83.4 Å². The summed E-state index contributed by atoms with van der Waals surface area (Å²) >= 11 is 0. The second kappa shape index (κ2) is 10.9.